The van der Waals surface area contributed by atoms with Crippen LogP contribution in [-0.2, 0) is 13.0 Å². The zero-order valence-corrected chi connectivity index (χ0v) is 12.6. The molecule has 0 bridgehead atoms. The molecule has 0 aliphatic heterocycles. The Labute approximate surface area is 125 Å². The number of hydrogen-bond acceptors (Lipinski definition) is 2. The maximum Gasteiger partial charge on any atom is 0.134 e. The van der Waals surface area contributed by atoms with Gasteiger partial charge in [0, 0.05) is 23.2 Å². The van der Waals surface area contributed by atoms with Crippen LogP contribution in [0.15, 0.2) is 52.9 Å². The molecule has 2 aromatic carbocycles. The molecule has 1 aromatic heterocycles. The van der Waals surface area contributed by atoms with E-state index in [0.717, 1.165) is 30.0 Å². The van der Waals surface area contributed by atoms with Gasteiger partial charge < -0.3 is 9.73 Å². The monoisotopic (exact) mass is 279 g/mol. The van der Waals surface area contributed by atoms with Crippen molar-refractivity contribution in [2.45, 2.75) is 33.2 Å². The molecule has 0 aliphatic carbocycles. The predicted molar refractivity (Wildman–Crippen MR) is 88.7 cm³/mol. The third-order valence-electron chi connectivity index (χ3n) is 3.86. The highest BCUT2D eigenvalue weighted by molar-refractivity contribution is 5.82. The van der Waals surface area contributed by atoms with E-state index >= 15 is 0 Å². The molecule has 0 saturated carbocycles. The molecule has 2 nitrogen and oxygen atoms in total. The van der Waals surface area contributed by atoms with Gasteiger partial charge in [0.2, 0.25) is 0 Å². The zero-order chi connectivity index (χ0) is 14.7. The van der Waals surface area contributed by atoms with E-state index in [1.54, 1.807) is 0 Å². The van der Waals surface area contributed by atoms with Crippen molar-refractivity contribution in [1.82, 2.24) is 0 Å². The number of rotatable bonds is 5. The highest BCUT2D eigenvalue weighted by Crippen LogP contribution is 2.26. The van der Waals surface area contributed by atoms with Gasteiger partial charge in [-0.3, -0.25) is 0 Å². The number of furan rings is 1. The highest BCUT2D eigenvalue weighted by Gasteiger charge is 2.09. The van der Waals surface area contributed by atoms with Gasteiger partial charge >= 0.3 is 0 Å². The van der Waals surface area contributed by atoms with Crippen LogP contribution in [0.3, 0.4) is 0 Å². The molecular weight excluding hydrogens is 258 g/mol. The maximum atomic E-state index is 5.80. The fraction of sp³-hybridized carbons (Fsp3) is 0.263. The van der Waals surface area contributed by atoms with E-state index in [1.807, 2.05) is 19.1 Å². The van der Waals surface area contributed by atoms with Gasteiger partial charge in [-0.2, -0.15) is 0 Å². The summed E-state index contributed by atoms with van der Waals surface area (Å²) in [6, 6.07) is 16.9. The first kappa shape index (κ1) is 13.7. The van der Waals surface area contributed by atoms with Crippen LogP contribution in [0.4, 0.5) is 5.69 Å². The van der Waals surface area contributed by atoms with Crippen molar-refractivity contribution in [1.29, 1.82) is 0 Å². The van der Waals surface area contributed by atoms with E-state index in [9.17, 15) is 0 Å². The van der Waals surface area contributed by atoms with E-state index in [-0.39, 0.29) is 0 Å². The summed E-state index contributed by atoms with van der Waals surface area (Å²) < 4.78 is 5.80. The van der Waals surface area contributed by atoms with E-state index in [0.29, 0.717) is 0 Å². The normalized spacial score (nSPS) is 11.0. The van der Waals surface area contributed by atoms with Crippen molar-refractivity contribution >= 4 is 16.7 Å². The standard InChI is InChI=1S/C19H21NO/c1-3-6-15-9-11-16(12-10-15)20-13-18-14(2)21-19-8-5-4-7-17(18)19/h4-5,7-12,20H,3,6,13H2,1-2H3. The fourth-order valence-corrected chi connectivity index (χ4v) is 2.71. The fourth-order valence-electron chi connectivity index (χ4n) is 2.71. The summed E-state index contributed by atoms with van der Waals surface area (Å²) in [5.74, 6) is 0.992. The Kier molecular flexibility index (Phi) is 3.96. The Morgan fingerprint density at radius 1 is 1.00 bits per heavy atom. The molecule has 0 fully saturated rings. The molecule has 0 amide bonds. The molecule has 1 heterocycles. The van der Waals surface area contributed by atoms with Crippen LogP contribution < -0.4 is 5.32 Å². The number of para-hydroxylation sites is 1. The lowest BCUT2D eigenvalue weighted by Crippen LogP contribution is -2.00. The molecule has 0 aliphatic rings. The Balaban J connectivity index is 1.75. The minimum absolute atomic E-state index is 0.788. The molecule has 0 spiro atoms. The molecule has 0 unspecified atom stereocenters. The molecule has 3 aromatic rings. The van der Waals surface area contributed by atoms with Gasteiger partial charge in [0.05, 0.1) is 0 Å². The third-order valence-corrected chi connectivity index (χ3v) is 3.86. The second-order valence-electron chi connectivity index (χ2n) is 5.43. The van der Waals surface area contributed by atoms with Crippen molar-refractivity contribution in [2.24, 2.45) is 0 Å². The number of aryl methyl sites for hydroxylation is 2. The van der Waals surface area contributed by atoms with Gasteiger partial charge in [-0.1, -0.05) is 43.7 Å². The molecule has 0 atom stereocenters. The Hall–Kier alpha value is -2.22. The van der Waals surface area contributed by atoms with Crippen molar-refractivity contribution < 1.29 is 4.42 Å². The average molecular weight is 279 g/mol. The van der Waals surface area contributed by atoms with Crippen LogP contribution in [-0.4, -0.2) is 0 Å². The van der Waals surface area contributed by atoms with Crippen LogP contribution in [0.1, 0.15) is 30.2 Å². The van der Waals surface area contributed by atoms with Crippen LogP contribution in [0.5, 0.6) is 0 Å². The second-order valence-corrected chi connectivity index (χ2v) is 5.43. The molecule has 21 heavy (non-hydrogen) atoms. The molecule has 0 saturated heterocycles. The first-order chi connectivity index (χ1) is 10.3. The van der Waals surface area contributed by atoms with E-state index in [2.05, 4.69) is 48.6 Å². The van der Waals surface area contributed by atoms with Crippen LogP contribution in [0, 0.1) is 6.92 Å². The summed E-state index contributed by atoms with van der Waals surface area (Å²) in [6.07, 6.45) is 2.33. The molecular formula is C19H21NO. The lowest BCUT2D eigenvalue weighted by molar-refractivity contribution is 0.573. The minimum atomic E-state index is 0.788. The first-order valence-electron chi connectivity index (χ1n) is 7.57. The number of nitrogens with one attached hydrogen (secondary N) is 1. The molecule has 0 radical (unpaired) electrons. The first-order valence-corrected chi connectivity index (χ1v) is 7.57. The molecule has 2 heteroatoms. The predicted octanol–water partition coefficient (Wildman–Crippen LogP) is 5.31. The Morgan fingerprint density at radius 3 is 2.52 bits per heavy atom. The summed E-state index contributed by atoms with van der Waals surface area (Å²) in [7, 11) is 0. The Morgan fingerprint density at radius 2 is 1.76 bits per heavy atom. The van der Waals surface area contributed by atoms with Gasteiger partial charge in [0.25, 0.3) is 0 Å². The van der Waals surface area contributed by atoms with Crippen LogP contribution in [0.2, 0.25) is 0 Å². The number of hydrogen-bond donors (Lipinski definition) is 1. The number of anilines is 1. The summed E-state index contributed by atoms with van der Waals surface area (Å²) in [5, 5.41) is 4.69. The van der Waals surface area contributed by atoms with Crippen molar-refractivity contribution in [3.63, 3.8) is 0 Å². The van der Waals surface area contributed by atoms with E-state index < -0.39 is 0 Å². The number of fused-ring (bicyclic) bond motifs is 1. The lowest BCUT2D eigenvalue weighted by atomic mass is 10.1. The maximum absolute atomic E-state index is 5.80. The van der Waals surface area contributed by atoms with Gasteiger partial charge in [0.1, 0.15) is 11.3 Å². The highest BCUT2D eigenvalue weighted by atomic mass is 16.3. The average Bonchev–Trinajstić information content (AvgIpc) is 2.82. The van der Waals surface area contributed by atoms with Gasteiger partial charge in [0.15, 0.2) is 0 Å². The zero-order valence-electron chi connectivity index (χ0n) is 12.6. The Bertz CT molecular complexity index is 725. The van der Waals surface area contributed by atoms with Crippen LogP contribution in [0.25, 0.3) is 11.0 Å². The topological polar surface area (TPSA) is 25.2 Å². The smallest absolute Gasteiger partial charge is 0.134 e. The summed E-state index contributed by atoms with van der Waals surface area (Å²) in [6.45, 7) is 5.02. The second kappa shape index (κ2) is 6.04. The lowest BCUT2D eigenvalue weighted by Gasteiger charge is -2.07. The quantitative estimate of drug-likeness (QED) is 0.685. The van der Waals surface area contributed by atoms with Crippen LogP contribution >= 0.6 is 0 Å². The number of benzene rings is 2. The van der Waals surface area contributed by atoms with E-state index in [4.69, 9.17) is 4.42 Å². The summed E-state index contributed by atoms with van der Waals surface area (Å²) in [4.78, 5) is 0. The summed E-state index contributed by atoms with van der Waals surface area (Å²) >= 11 is 0. The third kappa shape index (κ3) is 2.94. The molecule has 108 valence electrons. The molecule has 3 rings (SSSR count). The molecule has 1 N–H and O–H groups in total. The van der Waals surface area contributed by atoms with Gasteiger partial charge in [-0.25, -0.2) is 0 Å². The minimum Gasteiger partial charge on any atom is -0.461 e. The SMILES string of the molecule is CCCc1ccc(NCc2c(C)oc3ccccc23)cc1. The van der Waals surface area contributed by atoms with Crippen molar-refractivity contribution in [3.05, 3.63) is 65.4 Å². The largest absolute Gasteiger partial charge is 0.461 e. The van der Waals surface area contributed by atoms with Crippen molar-refractivity contribution in [2.75, 3.05) is 5.32 Å². The van der Waals surface area contributed by atoms with Gasteiger partial charge in [-0.05, 0) is 37.1 Å². The van der Waals surface area contributed by atoms with Crippen molar-refractivity contribution in [3.8, 4) is 0 Å². The van der Waals surface area contributed by atoms with Gasteiger partial charge in [-0.15, -0.1) is 0 Å². The van der Waals surface area contributed by atoms with E-state index in [1.165, 1.54) is 22.9 Å². The summed E-state index contributed by atoms with van der Waals surface area (Å²) in [5.41, 5.74) is 4.75.